The molecule has 0 spiro atoms. The van der Waals surface area contributed by atoms with Crippen molar-refractivity contribution in [2.24, 2.45) is 0 Å². The maximum absolute atomic E-state index is 13.4. The second-order valence-electron chi connectivity index (χ2n) is 3.81. The van der Waals surface area contributed by atoms with Crippen LogP contribution in [-0.4, -0.2) is 5.78 Å². The lowest BCUT2D eigenvalue weighted by atomic mass is 10.0. The van der Waals surface area contributed by atoms with E-state index in [9.17, 15) is 9.18 Å². The molecule has 19 heavy (non-hydrogen) atoms. The zero-order chi connectivity index (χ0) is 14.2. The Morgan fingerprint density at radius 2 is 1.63 bits per heavy atom. The summed E-state index contributed by atoms with van der Waals surface area (Å²) < 4.78 is 13.4. The highest BCUT2D eigenvalue weighted by atomic mass is 35.5. The first-order valence-electron chi connectivity index (χ1n) is 5.14. The lowest BCUT2D eigenvalue weighted by molar-refractivity contribution is 0.103. The van der Waals surface area contributed by atoms with Crippen LogP contribution in [0, 0.1) is 5.82 Å². The number of halogens is 4. The Labute approximate surface area is 123 Å². The summed E-state index contributed by atoms with van der Waals surface area (Å²) in [4.78, 5) is 12.2. The Morgan fingerprint density at radius 3 is 2.16 bits per heavy atom. The number of hydrogen-bond donors (Lipinski definition) is 1. The van der Waals surface area contributed by atoms with Crippen LogP contribution in [0.4, 0.5) is 10.1 Å². The third-order valence-corrected chi connectivity index (χ3v) is 3.31. The number of ketones is 1. The summed E-state index contributed by atoms with van der Waals surface area (Å²) in [7, 11) is 0. The van der Waals surface area contributed by atoms with E-state index in [2.05, 4.69) is 0 Å². The highest BCUT2D eigenvalue weighted by Crippen LogP contribution is 2.31. The molecule has 2 aromatic carbocycles. The fraction of sp³-hybridized carbons (Fsp3) is 0. The predicted molar refractivity (Wildman–Crippen MR) is 75.7 cm³/mol. The molecule has 0 heterocycles. The summed E-state index contributed by atoms with van der Waals surface area (Å²) in [6, 6.07) is 6.55. The van der Waals surface area contributed by atoms with Crippen molar-refractivity contribution in [3.63, 3.8) is 0 Å². The van der Waals surface area contributed by atoms with Crippen molar-refractivity contribution in [2.45, 2.75) is 0 Å². The van der Waals surface area contributed by atoms with Crippen LogP contribution < -0.4 is 5.73 Å². The van der Waals surface area contributed by atoms with Gasteiger partial charge in [0.05, 0.1) is 21.3 Å². The molecule has 0 unspecified atom stereocenters. The number of nitrogen functional groups attached to an aromatic ring is 1. The van der Waals surface area contributed by atoms with Gasteiger partial charge in [-0.25, -0.2) is 4.39 Å². The van der Waals surface area contributed by atoms with Crippen molar-refractivity contribution in [1.82, 2.24) is 0 Å². The van der Waals surface area contributed by atoms with Gasteiger partial charge in [0.15, 0.2) is 5.78 Å². The molecule has 0 amide bonds. The molecule has 0 aliphatic heterocycles. The molecule has 6 heteroatoms. The third-order valence-electron chi connectivity index (χ3n) is 2.50. The van der Waals surface area contributed by atoms with Crippen LogP contribution in [0.2, 0.25) is 15.1 Å². The van der Waals surface area contributed by atoms with E-state index in [1.54, 1.807) is 0 Å². The molecular formula is C13H7Cl3FNO. The number of rotatable bonds is 2. The summed E-state index contributed by atoms with van der Waals surface area (Å²) in [5.74, 6) is -1.17. The van der Waals surface area contributed by atoms with Crippen molar-refractivity contribution < 1.29 is 9.18 Å². The number of hydrogen-bond acceptors (Lipinski definition) is 2. The highest BCUT2D eigenvalue weighted by Gasteiger charge is 2.18. The van der Waals surface area contributed by atoms with E-state index in [0.29, 0.717) is 5.02 Å². The van der Waals surface area contributed by atoms with Crippen LogP contribution >= 0.6 is 34.8 Å². The van der Waals surface area contributed by atoms with Crippen LogP contribution in [0.25, 0.3) is 0 Å². The van der Waals surface area contributed by atoms with E-state index < -0.39 is 11.6 Å². The van der Waals surface area contributed by atoms with Crippen molar-refractivity contribution >= 4 is 46.3 Å². The minimum atomic E-state index is -0.674. The molecule has 0 bridgehead atoms. The van der Waals surface area contributed by atoms with E-state index in [4.69, 9.17) is 40.5 Å². The first-order valence-corrected chi connectivity index (χ1v) is 6.28. The SMILES string of the molecule is Nc1ccc(C(=O)c2c(Cl)cc(Cl)cc2Cl)cc1F. The molecule has 0 radical (unpaired) electrons. The van der Waals surface area contributed by atoms with Gasteiger partial charge < -0.3 is 5.73 Å². The Morgan fingerprint density at radius 1 is 1.05 bits per heavy atom. The van der Waals surface area contributed by atoms with Crippen LogP contribution in [0.15, 0.2) is 30.3 Å². The average molecular weight is 319 g/mol. The molecular weight excluding hydrogens is 312 g/mol. The maximum atomic E-state index is 13.4. The van der Waals surface area contributed by atoms with Crippen molar-refractivity contribution in [2.75, 3.05) is 5.73 Å². The molecule has 2 N–H and O–H groups in total. The van der Waals surface area contributed by atoms with Crippen molar-refractivity contribution in [3.8, 4) is 0 Å². The second-order valence-corrected chi connectivity index (χ2v) is 5.06. The monoisotopic (exact) mass is 317 g/mol. The number of benzene rings is 2. The standard InChI is InChI=1S/C13H7Cl3FNO/c14-7-4-8(15)12(9(16)5-7)13(19)6-1-2-11(18)10(17)3-6/h1-5H,18H2. The summed E-state index contributed by atoms with van der Waals surface area (Å²) in [6.07, 6.45) is 0. The summed E-state index contributed by atoms with van der Waals surface area (Å²) in [5, 5.41) is 0.537. The highest BCUT2D eigenvalue weighted by molar-refractivity contribution is 6.43. The van der Waals surface area contributed by atoms with E-state index in [1.165, 1.54) is 24.3 Å². The first-order chi connectivity index (χ1) is 8.90. The fourth-order valence-electron chi connectivity index (χ4n) is 1.57. The van der Waals surface area contributed by atoms with Gasteiger partial charge in [0.2, 0.25) is 0 Å². The maximum Gasteiger partial charge on any atom is 0.196 e. The Bertz CT molecular complexity index is 650. The molecule has 2 nitrogen and oxygen atoms in total. The smallest absolute Gasteiger partial charge is 0.196 e. The van der Waals surface area contributed by atoms with Gasteiger partial charge >= 0.3 is 0 Å². The van der Waals surface area contributed by atoms with Gasteiger partial charge in [0.1, 0.15) is 5.82 Å². The van der Waals surface area contributed by atoms with Crippen LogP contribution in [0.1, 0.15) is 15.9 Å². The van der Waals surface area contributed by atoms with Gasteiger partial charge in [0, 0.05) is 10.6 Å². The predicted octanol–water partition coefficient (Wildman–Crippen LogP) is 4.60. The van der Waals surface area contributed by atoms with E-state index >= 15 is 0 Å². The van der Waals surface area contributed by atoms with Crippen LogP contribution in [-0.2, 0) is 0 Å². The summed E-state index contributed by atoms with van der Waals surface area (Å²) in [5.41, 5.74) is 5.50. The van der Waals surface area contributed by atoms with Crippen LogP contribution in [0.3, 0.4) is 0 Å². The zero-order valence-corrected chi connectivity index (χ0v) is 11.7. The summed E-state index contributed by atoms with van der Waals surface area (Å²) >= 11 is 17.6. The molecule has 0 saturated carbocycles. The number of carbonyl (C=O) groups excluding carboxylic acids is 1. The largest absolute Gasteiger partial charge is 0.396 e. The minimum absolute atomic E-state index is 0.0372. The van der Waals surface area contributed by atoms with Gasteiger partial charge in [-0.2, -0.15) is 0 Å². The Hall–Kier alpha value is -1.29. The number of anilines is 1. The fourth-order valence-corrected chi connectivity index (χ4v) is 2.56. The third kappa shape index (κ3) is 2.84. The minimum Gasteiger partial charge on any atom is -0.396 e. The van der Waals surface area contributed by atoms with Gasteiger partial charge in [-0.15, -0.1) is 0 Å². The lowest BCUT2D eigenvalue weighted by Crippen LogP contribution is -2.05. The average Bonchev–Trinajstić information content (AvgIpc) is 2.31. The second kappa shape index (κ2) is 5.37. The van der Waals surface area contributed by atoms with Crippen molar-refractivity contribution in [1.29, 1.82) is 0 Å². The number of nitrogens with two attached hydrogens (primary N) is 1. The topological polar surface area (TPSA) is 43.1 Å². The normalized spacial score (nSPS) is 10.5. The molecule has 0 atom stereocenters. The van der Waals surface area contributed by atoms with E-state index in [-0.39, 0.29) is 26.9 Å². The molecule has 0 fully saturated rings. The summed E-state index contributed by atoms with van der Waals surface area (Å²) in [6.45, 7) is 0. The van der Waals surface area contributed by atoms with Crippen molar-refractivity contribution in [3.05, 3.63) is 62.3 Å². The Kier molecular flexibility index (Phi) is 3.99. The van der Waals surface area contributed by atoms with Gasteiger partial charge in [0.25, 0.3) is 0 Å². The molecule has 2 rings (SSSR count). The van der Waals surface area contributed by atoms with Gasteiger partial charge in [-0.05, 0) is 30.3 Å². The van der Waals surface area contributed by atoms with E-state index in [1.807, 2.05) is 0 Å². The molecule has 0 aromatic heterocycles. The molecule has 0 aliphatic carbocycles. The number of carbonyl (C=O) groups is 1. The Balaban J connectivity index is 2.53. The van der Waals surface area contributed by atoms with Gasteiger partial charge in [-0.3, -0.25) is 4.79 Å². The molecule has 98 valence electrons. The zero-order valence-electron chi connectivity index (χ0n) is 9.38. The first kappa shape index (κ1) is 14.1. The van der Waals surface area contributed by atoms with E-state index in [0.717, 1.165) is 6.07 Å². The quantitative estimate of drug-likeness (QED) is 0.649. The molecule has 2 aromatic rings. The molecule has 0 saturated heterocycles. The van der Waals surface area contributed by atoms with Gasteiger partial charge in [-0.1, -0.05) is 34.8 Å². The van der Waals surface area contributed by atoms with Crippen LogP contribution in [0.5, 0.6) is 0 Å². The lowest BCUT2D eigenvalue weighted by Gasteiger charge is -2.07. The molecule has 0 aliphatic rings.